The Bertz CT molecular complexity index is 988. The minimum absolute atomic E-state index is 0.171. The van der Waals surface area contributed by atoms with Crippen molar-refractivity contribution < 1.29 is 9.32 Å². The molecule has 0 aliphatic carbocycles. The smallest absolute Gasteiger partial charge is 0.323 e. The Morgan fingerprint density at radius 1 is 1.31 bits per heavy atom. The number of carbonyl (C=O) groups excluding carboxylic acids is 1. The summed E-state index contributed by atoms with van der Waals surface area (Å²) in [6, 6.07) is 1.50. The normalized spacial score (nSPS) is 17.3. The number of urea groups is 1. The molecule has 0 aromatic carbocycles. The average molecular weight is 398 g/mol. The predicted octanol–water partition coefficient (Wildman–Crippen LogP) is 2.92. The molecule has 4 heterocycles. The van der Waals surface area contributed by atoms with E-state index in [1.165, 1.54) is 0 Å². The Balaban J connectivity index is 1.56. The number of nitrogens with one attached hydrogen (secondary N) is 1. The minimum Gasteiger partial charge on any atom is -0.334 e. The number of hydrogen-bond donors (Lipinski definition) is 1. The number of rotatable bonds is 4. The zero-order valence-electron chi connectivity index (χ0n) is 17.0. The summed E-state index contributed by atoms with van der Waals surface area (Å²) < 4.78 is 8.83. The molecular formula is C19H26N8O2. The second-order valence-corrected chi connectivity index (χ2v) is 7.35. The Hall–Kier alpha value is -3.17. The molecule has 1 saturated heterocycles. The molecule has 1 unspecified atom stereocenters. The van der Waals surface area contributed by atoms with Crippen LogP contribution in [0, 0.1) is 0 Å². The van der Waals surface area contributed by atoms with E-state index in [2.05, 4.69) is 25.7 Å². The number of aryl methyl sites for hydroxylation is 3. The molecule has 0 radical (unpaired) electrons. The third kappa shape index (κ3) is 4.01. The lowest BCUT2D eigenvalue weighted by Crippen LogP contribution is -2.38. The summed E-state index contributed by atoms with van der Waals surface area (Å²) in [5, 5.41) is 15.7. The van der Waals surface area contributed by atoms with E-state index in [1.807, 2.05) is 38.2 Å². The van der Waals surface area contributed by atoms with Crippen molar-refractivity contribution in [3.63, 3.8) is 0 Å². The van der Waals surface area contributed by atoms with Gasteiger partial charge < -0.3 is 9.42 Å². The van der Waals surface area contributed by atoms with E-state index in [0.717, 1.165) is 43.4 Å². The van der Waals surface area contributed by atoms with Crippen LogP contribution in [0.25, 0.3) is 11.5 Å². The van der Waals surface area contributed by atoms with Crippen molar-refractivity contribution in [3.05, 3.63) is 30.0 Å². The van der Waals surface area contributed by atoms with E-state index in [0.29, 0.717) is 24.1 Å². The minimum atomic E-state index is -0.231. The summed E-state index contributed by atoms with van der Waals surface area (Å²) in [6.45, 7) is 2.68. The molecule has 1 fully saturated rings. The summed E-state index contributed by atoms with van der Waals surface area (Å²) in [6.07, 6.45) is 8.14. The Labute approximate surface area is 168 Å². The lowest BCUT2D eigenvalue weighted by molar-refractivity contribution is 0.184. The summed E-state index contributed by atoms with van der Waals surface area (Å²) in [5.74, 6) is 1.62. The van der Waals surface area contributed by atoms with Gasteiger partial charge in [-0.3, -0.25) is 14.7 Å². The quantitative estimate of drug-likeness (QED) is 0.724. The number of aromatic nitrogens is 6. The first-order valence-electron chi connectivity index (χ1n) is 9.98. The molecule has 154 valence electrons. The maximum Gasteiger partial charge on any atom is 0.323 e. The highest BCUT2D eigenvalue weighted by molar-refractivity contribution is 5.88. The fourth-order valence-electron chi connectivity index (χ4n) is 3.64. The van der Waals surface area contributed by atoms with Gasteiger partial charge in [-0.05, 0) is 19.3 Å². The number of hydrogen-bond acceptors (Lipinski definition) is 6. The summed E-state index contributed by atoms with van der Waals surface area (Å²) in [5.41, 5.74) is 1.70. The van der Waals surface area contributed by atoms with Crippen molar-refractivity contribution >= 4 is 11.8 Å². The monoisotopic (exact) mass is 398 g/mol. The number of amides is 2. The topological polar surface area (TPSA) is 107 Å². The molecule has 3 aromatic heterocycles. The van der Waals surface area contributed by atoms with Crippen LogP contribution in [0.3, 0.4) is 0 Å². The van der Waals surface area contributed by atoms with Crippen LogP contribution in [0.5, 0.6) is 0 Å². The van der Waals surface area contributed by atoms with Gasteiger partial charge in [-0.1, -0.05) is 24.9 Å². The van der Waals surface area contributed by atoms with Crippen LogP contribution < -0.4 is 5.32 Å². The molecule has 29 heavy (non-hydrogen) atoms. The largest absolute Gasteiger partial charge is 0.334 e. The van der Waals surface area contributed by atoms with Crippen molar-refractivity contribution in [1.29, 1.82) is 0 Å². The van der Waals surface area contributed by atoms with Gasteiger partial charge in [-0.25, -0.2) is 4.79 Å². The Morgan fingerprint density at radius 2 is 2.17 bits per heavy atom. The third-order valence-corrected chi connectivity index (χ3v) is 5.23. The van der Waals surface area contributed by atoms with Crippen LogP contribution in [0.15, 0.2) is 23.0 Å². The van der Waals surface area contributed by atoms with Gasteiger partial charge in [0.25, 0.3) is 5.89 Å². The molecular weight excluding hydrogens is 372 g/mol. The van der Waals surface area contributed by atoms with Crippen LogP contribution in [0.4, 0.5) is 10.6 Å². The van der Waals surface area contributed by atoms with Gasteiger partial charge >= 0.3 is 6.03 Å². The van der Waals surface area contributed by atoms with Crippen LogP contribution >= 0.6 is 0 Å². The predicted molar refractivity (Wildman–Crippen MR) is 106 cm³/mol. The zero-order chi connectivity index (χ0) is 20.4. The molecule has 3 aromatic rings. The van der Waals surface area contributed by atoms with E-state index in [9.17, 15) is 4.79 Å². The molecule has 1 N–H and O–H groups in total. The SMILES string of the molecule is CCc1cc(NC(=O)N2CCCCCC2c2noc(-c3cnn(C)c3)n2)n(C)n1. The molecule has 1 aliphatic heterocycles. The van der Waals surface area contributed by atoms with Gasteiger partial charge in [0.15, 0.2) is 5.82 Å². The lowest BCUT2D eigenvalue weighted by Gasteiger charge is -2.27. The van der Waals surface area contributed by atoms with Crippen molar-refractivity contribution in [1.82, 2.24) is 34.6 Å². The van der Waals surface area contributed by atoms with Gasteiger partial charge in [-0.15, -0.1) is 0 Å². The average Bonchev–Trinajstić information content (AvgIpc) is 3.39. The molecule has 4 rings (SSSR count). The maximum atomic E-state index is 13.1. The second-order valence-electron chi connectivity index (χ2n) is 7.35. The van der Waals surface area contributed by atoms with Crippen molar-refractivity contribution in [2.45, 2.75) is 45.1 Å². The number of carbonyl (C=O) groups is 1. The van der Waals surface area contributed by atoms with Gasteiger partial charge in [-0.2, -0.15) is 15.2 Å². The molecule has 0 spiro atoms. The molecule has 2 amide bonds. The van der Waals surface area contributed by atoms with Crippen LogP contribution in [0.2, 0.25) is 0 Å². The molecule has 0 saturated carbocycles. The summed E-state index contributed by atoms with van der Waals surface area (Å²) >= 11 is 0. The van der Waals surface area contributed by atoms with Crippen LogP contribution in [-0.2, 0) is 20.5 Å². The number of anilines is 1. The molecule has 0 bridgehead atoms. The van der Waals surface area contributed by atoms with Gasteiger partial charge in [0, 0.05) is 32.9 Å². The molecule has 10 nitrogen and oxygen atoms in total. The number of likely N-dealkylation sites (tertiary alicyclic amines) is 1. The van der Waals surface area contributed by atoms with Crippen molar-refractivity contribution in [2.24, 2.45) is 14.1 Å². The van der Waals surface area contributed by atoms with E-state index in [4.69, 9.17) is 4.52 Å². The highest BCUT2D eigenvalue weighted by Crippen LogP contribution is 2.30. The summed E-state index contributed by atoms with van der Waals surface area (Å²) in [4.78, 5) is 19.5. The first-order chi connectivity index (χ1) is 14.0. The van der Waals surface area contributed by atoms with Gasteiger partial charge in [0.2, 0.25) is 0 Å². The standard InChI is InChI=1S/C19H26N8O2/c1-4-14-10-16(26(3)23-14)21-19(28)27-9-7-5-6-8-15(27)17-22-18(29-24-17)13-11-20-25(2)12-13/h10-12,15H,4-9H2,1-3H3,(H,21,28). The van der Waals surface area contributed by atoms with Gasteiger partial charge in [0.05, 0.1) is 23.5 Å². The fraction of sp³-hybridized carbons (Fsp3) is 0.526. The molecule has 10 heteroatoms. The van der Waals surface area contributed by atoms with E-state index in [1.54, 1.807) is 15.6 Å². The van der Waals surface area contributed by atoms with Crippen LogP contribution in [-0.4, -0.2) is 47.2 Å². The van der Waals surface area contributed by atoms with Crippen molar-refractivity contribution in [3.8, 4) is 11.5 Å². The Kier molecular flexibility index (Phi) is 5.32. The fourth-order valence-corrected chi connectivity index (χ4v) is 3.64. The van der Waals surface area contributed by atoms with Gasteiger partial charge in [0.1, 0.15) is 5.82 Å². The maximum absolute atomic E-state index is 13.1. The van der Waals surface area contributed by atoms with E-state index in [-0.39, 0.29) is 12.1 Å². The highest BCUT2D eigenvalue weighted by Gasteiger charge is 2.31. The Morgan fingerprint density at radius 3 is 2.90 bits per heavy atom. The molecule has 1 atom stereocenters. The zero-order valence-corrected chi connectivity index (χ0v) is 17.0. The van der Waals surface area contributed by atoms with Crippen molar-refractivity contribution in [2.75, 3.05) is 11.9 Å². The van der Waals surface area contributed by atoms with E-state index < -0.39 is 0 Å². The lowest BCUT2D eigenvalue weighted by atomic mass is 10.1. The first kappa shape index (κ1) is 19.2. The first-order valence-corrected chi connectivity index (χ1v) is 9.98. The second kappa shape index (κ2) is 8.06. The van der Waals surface area contributed by atoms with E-state index >= 15 is 0 Å². The third-order valence-electron chi connectivity index (χ3n) is 5.23. The number of nitrogens with zero attached hydrogens (tertiary/aromatic N) is 7. The highest BCUT2D eigenvalue weighted by atomic mass is 16.5. The molecule has 1 aliphatic rings. The summed E-state index contributed by atoms with van der Waals surface area (Å²) in [7, 11) is 3.66. The van der Waals surface area contributed by atoms with Crippen LogP contribution in [0.1, 0.15) is 50.2 Å².